The summed E-state index contributed by atoms with van der Waals surface area (Å²) in [4.78, 5) is 43.4. The Bertz CT molecular complexity index is 1360. The van der Waals surface area contributed by atoms with Gasteiger partial charge >= 0.3 is 6.09 Å². The van der Waals surface area contributed by atoms with Crippen molar-refractivity contribution in [2.75, 3.05) is 0 Å². The number of phenols is 1. The van der Waals surface area contributed by atoms with Gasteiger partial charge in [-0.3, -0.25) is 9.59 Å². The average molecular weight is 588 g/mol. The first-order chi connectivity index (χ1) is 20.2. The van der Waals surface area contributed by atoms with Crippen LogP contribution in [-0.4, -0.2) is 45.1 Å². The average Bonchev–Trinajstić information content (AvgIpc) is 2.95. The molecule has 43 heavy (non-hydrogen) atoms. The Balaban J connectivity index is 2.08. The van der Waals surface area contributed by atoms with Crippen molar-refractivity contribution in [3.63, 3.8) is 0 Å². The van der Waals surface area contributed by atoms with Crippen molar-refractivity contribution in [2.45, 2.75) is 91.1 Å². The molecule has 8 heteroatoms. The number of benzene rings is 3. The number of carbonyl (C=O) groups excluding carboxylic acids is 3. The van der Waals surface area contributed by atoms with Crippen LogP contribution in [0.4, 0.5) is 4.79 Å². The summed E-state index contributed by atoms with van der Waals surface area (Å²) in [6.07, 6.45) is -0.0638. The third-order valence-corrected chi connectivity index (χ3v) is 7.33. The van der Waals surface area contributed by atoms with Gasteiger partial charge in [0.2, 0.25) is 11.8 Å². The molecule has 3 rings (SSSR count). The first-order valence-electron chi connectivity index (χ1n) is 14.7. The summed E-state index contributed by atoms with van der Waals surface area (Å²) in [5.74, 6) is -0.663. The number of phenolic OH excluding ortho intramolecular Hbond substituents is 1. The molecule has 0 saturated heterocycles. The van der Waals surface area contributed by atoms with Crippen LogP contribution in [0.25, 0.3) is 0 Å². The van der Waals surface area contributed by atoms with E-state index in [9.17, 15) is 19.5 Å². The number of carbonyl (C=O) groups is 3. The summed E-state index contributed by atoms with van der Waals surface area (Å²) >= 11 is 0. The zero-order valence-electron chi connectivity index (χ0n) is 26.3. The minimum atomic E-state index is -1.06. The van der Waals surface area contributed by atoms with Crippen LogP contribution in [0, 0.1) is 6.92 Å². The molecule has 0 fully saturated rings. The quantitative estimate of drug-likeness (QED) is 0.247. The number of nitrogens with one attached hydrogen (secondary N) is 2. The molecule has 0 aromatic heterocycles. The van der Waals surface area contributed by atoms with Gasteiger partial charge < -0.3 is 25.4 Å². The largest absolute Gasteiger partial charge is 0.508 e. The van der Waals surface area contributed by atoms with Gasteiger partial charge in [0.1, 0.15) is 23.4 Å². The van der Waals surface area contributed by atoms with Crippen molar-refractivity contribution >= 4 is 17.9 Å². The number of aromatic hydroxyl groups is 1. The van der Waals surface area contributed by atoms with Gasteiger partial charge in [-0.25, -0.2) is 4.79 Å². The summed E-state index contributed by atoms with van der Waals surface area (Å²) in [6.45, 7) is 13.3. The second kappa shape index (κ2) is 14.2. The number of alkyl carbamates (subject to hydrolysis) is 1. The van der Waals surface area contributed by atoms with Crippen LogP contribution in [0.5, 0.6) is 5.75 Å². The monoisotopic (exact) mass is 587 g/mol. The number of hydrogen-bond acceptors (Lipinski definition) is 5. The highest BCUT2D eigenvalue weighted by Crippen LogP contribution is 2.33. The fourth-order valence-corrected chi connectivity index (χ4v) is 4.68. The maximum absolute atomic E-state index is 14.7. The third-order valence-electron chi connectivity index (χ3n) is 7.33. The molecule has 3 aromatic carbocycles. The summed E-state index contributed by atoms with van der Waals surface area (Å²) in [5.41, 5.74) is 1.79. The molecule has 0 aliphatic carbocycles. The Morgan fingerprint density at radius 3 is 2.02 bits per heavy atom. The van der Waals surface area contributed by atoms with Crippen molar-refractivity contribution in [2.24, 2.45) is 0 Å². The SMILES string of the molecule is CCC(C)(C)N(C(=O)C(Cc1ccc(O)cc1)NC(=O)OC(C)(C)C)C(C(=O)NCc1ccccc1)c1ccc(C)cc1. The molecule has 8 nitrogen and oxygen atoms in total. The molecule has 0 spiro atoms. The number of rotatable bonds is 11. The van der Waals surface area contributed by atoms with Gasteiger partial charge in [0.15, 0.2) is 0 Å². The van der Waals surface area contributed by atoms with Crippen molar-refractivity contribution in [1.82, 2.24) is 15.5 Å². The molecule has 0 radical (unpaired) electrons. The molecule has 2 atom stereocenters. The maximum Gasteiger partial charge on any atom is 0.408 e. The number of nitrogens with zero attached hydrogens (tertiary/aromatic N) is 1. The Morgan fingerprint density at radius 1 is 0.860 bits per heavy atom. The van der Waals surface area contributed by atoms with E-state index >= 15 is 0 Å². The second-order valence-electron chi connectivity index (χ2n) is 12.5. The third kappa shape index (κ3) is 9.60. The highest BCUT2D eigenvalue weighted by molar-refractivity contribution is 5.93. The highest BCUT2D eigenvalue weighted by atomic mass is 16.6. The summed E-state index contributed by atoms with van der Waals surface area (Å²) in [7, 11) is 0. The first-order valence-corrected chi connectivity index (χ1v) is 14.7. The smallest absolute Gasteiger partial charge is 0.408 e. The lowest BCUT2D eigenvalue weighted by Crippen LogP contribution is -2.59. The normalized spacial score (nSPS) is 13.0. The molecule has 3 N–H and O–H groups in total. The van der Waals surface area contributed by atoms with Crippen molar-refractivity contribution in [1.29, 1.82) is 0 Å². The molecule has 3 aromatic rings. The van der Waals surface area contributed by atoms with Gasteiger partial charge in [-0.2, -0.15) is 0 Å². The first kappa shape index (κ1) is 33.2. The zero-order chi connectivity index (χ0) is 31.8. The van der Waals surface area contributed by atoms with Crippen LogP contribution in [-0.2, 0) is 27.3 Å². The van der Waals surface area contributed by atoms with E-state index < -0.39 is 35.2 Å². The lowest BCUT2D eigenvalue weighted by Gasteiger charge is -2.44. The maximum atomic E-state index is 14.7. The molecule has 0 aliphatic heterocycles. The number of hydrogen-bond donors (Lipinski definition) is 3. The van der Waals surface area contributed by atoms with Gasteiger partial charge in [0.05, 0.1) is 0 Å². The van der Waals surface area contributed by atoms with Crippen molar-refractivity contribution < 1.29 is 24.2 Å². The van der Waals surface area contributed by atoms with E-state index in [1.165, 1.54) is 12.1 Å². The van der Waals surface area contributed by atoms with Gasteiger partial charge in [0.25, 0.3) is 0 Å². The van der Waals surface area contributed by atoms with Crippen LogP contribution in [0.15, 0.2) is 78.9 Å². The molecule has 2 unspecified atom stereocenters. The molecule has 3 amide bonds. The van der Waals surface area contributed by atoms with Gasteiger partial charge in [-0.05, 0) is 76.8 Å². The van der Waals surface area contributed by atoms with Crippen LogP contribution < -0.4 is 10.6 Å². The van der Waals surface area contributed by atoms with E-state index in [0.717, 1.165) is 16.7 Å². The van der Waals surface area contributed by atoms with Gasteiger partial charge in [0, 0.05) is 18.5 Å². The van der Waals surface area contributed by atoms with E-state index in [1.807, 2.05) is 82.3 Å². The highest BCUT2D eigenvalue weighted by Gasteiger charge is 2.43. The number of ether oxygens (including phenoxy) is 1. The Labute approximate surface area is 255 Å². The predicted molar refractivity (Wildman–Crippen MR) is 168 cm³/mol. The molecule has 0 bridgehead atoms. The lowest BCUT2D eigenvalue weighted by molar-refractivity contribution is -0.149. The molecule has 0 aliphatic rings. The van der Waals surface area contributed by atoms with E-state index in [-0.39, 0.29) is 18.1 Å². The zero-order valence-corrected chi connectivity index (χ0v) is 26.3. The Hall–Kier alpha value is -4.33. The molecular formula is C35H45N3O5. The minimum Gasteiger partial charge on any atom is -0.508 e. The Morgan fingerprint density at radius 2 is 1.47 bits per heavy atom. The Kier molecular flexibility index (Phi) is 11.0. The van der Waals surface area contributed by atoms with Crippen LogP contribution >= 0.6 is 0 Å². The van der Waals surface area contributed by atoms with E-state index in [1.54, 1.807) is 37.8 Å². The molecule has 0 saturated carbocycles. The topological polar surface area (TPSA) is 108 Å². The predicted octanol–water partition coefficient (Wildman–Crippen LogP) is 6.21. The van der Waals surface area contributed by atoms with Crippen LogP contribution in [0.2, 0.25) is 0 Å². The summed E-state index contributed by atoms with van der Waals surface area (Å²) in [6, 6.07) is 21.6. The molecule has 0 heterocycles. The lowest BCUT2D eigenvalue weighted by atomic mass is 9.91. The van der Waals surface area contributed by atoms with Crippen molar-refractivity contribution in [3.05, 3.63) is 101 Å². The fraction of sp³-hybridized carbons (Fsp3) is 0.400. The number of aryl methyl sites for hydroxylation is 1. The van der Waals surface area contributed by atoms with Crippen LogP contribution in [0.3, 0.4) is 0 Å². The van der Waals surface area contributed by atoms with E-state index in [0.29, 0.717) is 18.5 Å². The van der Waals surface area contributed by atoms with Gasteiger partial charge in [-0.1, -0.05) is 79.2 Å². The molecule has 230 valence electrons. The summed E-state index contributed by atoms with van der Waals surface area (Å²) in [5, 5.41) is 15.6. The van der Waals surface area contributed by atoms with Gasteiger partial charge in [-0.15, -0.1) is 0 Å². The number of amides is 3. The van der Waals surface area contributed by atoms with E-state index in [2.05, 4.69) is 10.6 Å². The fourth-order valence-electron chi connectivity index (χ4n) is 4.68. The van der Waals surface area contributed by atoms with E-state index in [4.69, 9.17) is 4.74 Å². The minimum absolute atomic E-state index is 0.0926. The molecular weight excluding hydrogens is 542 g/mol. The standard InChI is InChI=1S/C35H45N3O5/c1-8-35(6,7)38(30(27-18-14-24(2)15-19-27)31(40)36-23-26-12-10-9-11-13-26)32(41)29(37-33(42)43-34(3,4)5)22-25-16-20-28(39)21-17-25/h9-21,29-30,39H,8,22-23H2,1-7H3,(H,36,40)(H,37,42). The van der Waals surface area contributed by atoms with Crippen molar-refractivity contribution in [3.8, 4) is 5.75 Å². The second-order valence-corrected chi connectivity index (χ2v) is 12.5. The van der Waals surface area contributed by atoms with Crippen LogP contribution in [0.1, 0.15) is 76.3 Å². The summed E-state index contributed by atoms with van der Waals surface area (Å²) < 4.78 is 5.52.